The zero-order chi connectivity index (χ0) is 13.9. The van der Waals surface area contributed by atoms with Crippen LogP contribution in [0.1, 0.15) is 16.7 Å². The maximum atomic E-state index is 12.4. The molecule has 0 aliphatic heterocycles. The van der Waals surface area contributed by atoms with Crippen LogP contribution in [0.4, 0.5) is 18.9 Å². The van der Waals surface area contributed by atoms with Crippen LogP contribution in [0.3, 0.4) is 0 Å². The number of nitrogens with zero attached hydrogens (tertiary/aromatic N) is 1. The number of hydrogen-bond donors (Lipinski definition) is 0. The Morgan fingerprint density at radius 1 is 0.947 bits per heavy atom. The SMILES string of the molecule is Cc1ccccc1N=Cc1ccc(C(F)(F)F)cc1. The van der Waals surface area contributed by atoms with E-state index in [1.54, 1.807) is 6.21 Å². The van der Waals surface area contributed by atoms with Gasteiger partial charge in [0.15, 0.2) is 0 Å². The van der Waals surface area contributed by atoms with Gasteiger partial charge in [-0.3, -0.25) is 4.99 Å². The fourth-order valence-electron chi connectivity index (χ4n) is 1.61. The van der Waals surface area contributed by atoms with Gasteiger partial charge in [0.2, 0.25) is 0 Å². The number of aryl methyl sites for hydroxylation is 1. The van der Waals surface area contributed by atoms with Crippen molar-refractivity contribution in [3.05, 3.63) is 65.2 Å². The highest BCUT2D eigenvalue weighted by Crippen LogP contribution is 2.29. The molecule has 0 spiro atoms. The largest absolute Gasteiger partial charge is 0.416 e. The van der Waals surface area contributed by atoms with Crippen molar-refractivity contribution < 1.29 is 13.2 Å². The van der Waals surface area contributed by atoms with Gasteiger partial charge >= 0.3 is 6.18 Å². The van der Waals surface area contributed by atoms with Gasteiger partial charge in [-0.1, -0.05) is 30.3 Å². The van der Waals surface area contributed by atoms with E-state index in [-0.39, 0.29) is 0 Å². The number of alkyl halides is 3. The Balaban J connectivity index is 2.19. The van der Waals surface area contributed by atoms with E-state index in [4.69, 9.17) is 0 Å². The average molecular weight is 263 g/mol. The Morgan fingerprint density at radius 2 is 1.58 bits per heavy atom. The van der Waals surface area contributed by atoms with Gasteiger partial charge in [0.1, 0.15) is 0 Å². The van der Waals surface area contributed by atoms with Crippen molar-refractivity contribution in [1.82, 2.24) is 0 Å². The van der Waals surface area contributed by atoms with Gasteiger partial charge in [-0.25, -0.2) is 0 Å². The predicted octanol–water partition coefficient (Wildman–Crippen LogP) is 4.76. The number of benzene rings is 2. The Kier molecular flexibility index (Phi) is 3.69. The van der Waals surface area contributed by atoms with Crippen LogP contribution >= 0.6 is 0 Å². The molecule has 2 aromatic rings. The molecule has 0 fully saturated rings. The van der Waals surface area contributed by atoms with Crippen LogP contribution in [0.2, 0.25) is 0 Å². The summed E-state index contributed by atoms with van der Waals surface area (Å²) in [5.74, 6) is 0. The molecule has 0 heterocycles. The monoisotopic (exact) mass is 263 g/mol. The van der Waals surface area contributed by atoms with Crippen LogP contribution in [0.5, 0.6) is 0 Å². The third-order valence-corrected chi connectivity index (χ3v) is 2.71. The van der Waals surface area contributed by atoms with E-state index in [0.29, 0.717) is 5.56 Å². The molecule has 0 saturated carbocycles. The van der Waals surface area contributed by atoms with Crippen LogP contribution in [-0.2, 0) is 6.18 Å². The molecule has 0 saturated heterocycles. The van der Waals surface area contributed by atoms with E-state index in [9.17, 15) is 13.2 Å². The molecule has 0 unspecified atom stereocenters. The van der Waals surface area contributed by atoms with Crippen molar-refractivity contribution in [2.75, 3.05) is 0 Å². The molecular formula is C15H12F3N. The molecule has 19 heavy (non-hydrogen) atoms. The lowest BCUT2D eigenvalue weighted by molar-refractivity contribution is -0.137. The van der Waals surface area contributed by atoms with Crippen molar-refractivity contribution >= 4 is 11.9 Å². The summed E-state index contributed by atoms with van der Waals surface area (Å²) in [5.41, 5.74) is 1.81. The van der Waals surface area contributed by atoms with E-state index >= 15 is 0 Å². The van der Waals surface area contributed by atoms with Gasteiger partial charge in [0.25, 0.3) is 0 Å². The number of hydrogen-bond acceptors (Lipinski definition) is 1. The third-order valence-electron chi connectivity index (χ3n) is 2.71. The van der Waals surface area contributed by atoms with Gasteiger partial charge in [-0.2, -0.15) is 13.2 Å². The van der Waals surface area contributed by atoms with Crippen LogP contribution in [0.15, 0.2) is 53.5 Å². The Bertz CT molecular complexity index is 583. The van der Waals surface area contributed by atoms with E-state index in [1.165, 1.54) is 12.1 Å². The van der Waals surface area contributed by atoms with Gasteiger partial charge in [0.05, 0.1) is 11.3 Å². The van der Waals surface area contributed by atoms with Crippen LogP contribution in [0, 0.1) is 6.92 Å². The Morgan fingerprint density at radius 3 is 2.16 bits per heavy atom. The van der Waals surface area contributed by atoms with Crippen molar-refractivity contribution in [2.24, 2.45) is 4.99 Å². The average Bonchev–Trinajstić information content (AvgIpc) is 2.37. The lowest BCUT2D eigenvalue weighted by Gasteiger charge is -2.05. The zero-order valence-electron chi connectivity index (χ0n) is 10.3. The first-order valence-corrected chi connectivity index (χ1v) is 5.74. The minimum atomic E-state index is -4.30. The smallest absolute Gasteiger partial charge is 0.256 e. The standard InChI is InChI=1S/C15H12F3N/c1-11-4-2-3-5-14(11)19-10-12-6-8-13(9-7-12)15(16,17)18/h2-10H,1H3. The molecule has 2 rings (SSSR count). The maximum Gasteiger partial charge on any atom is 0.416 e. The normalized spacial score (nSPS) is 12.0. The highest BCUT2D eigenvalue weighted by atomic mass is 19.4. The van der Waals surface area contributed by atoms with Crippen molar-refractivity contribution in [2.45, 2.75) is 13.1 Å². The highest BCUT2D eigenvalue weighted by molar-refractivity contribution is 5.82. The molecule has 0 N–H and O–H groups in total. The molecule has 0 aliphatic rings. The molecule has 2 aromatic carbocycles. The minimum Gasteiger partial charge on any atom is -0.256 e. The summed E-state index contributed by atoms with van der Waals surface area (Å²) in [7, 11) is 0. The lowest BCUT2D eigenvalue weighted by Crippen LogP contribution is -2.04. The molecule has 0 atom stereocenters. The molecular weight excluding hydrogens is 251 g/mol. The Hall–Kier alpha value is -2.10. The van der Waals surface area contributed by atoms with Gasteiger partial charge < -0.3 is 0 Å². The van der Waals surface area contributed by atoms with Gasteiger partial charge in [0, 0.05) is 6.21 Å². The number of aliphatic imine (C=N–C) groups is 1. The summed E-state index contributed by atoms with van der Waals surface area (Å²) in [6.07, 6.45) is -2.74. The molecule has 1 nitrogen and oxygen atoms in total. The second-order valence-electron chi connectivity index (χ2n) is 4.16. The molecule has 0 aliphatic carbocycles. The second kappa shape index (κ2) is 5.26. The minimum absolute atomic E-state index is 0.635. The quantitative estimate of drug-likeness (QED) is 0.692. The van der Waals surface area contributed by atoms with Gasteiger partial charge in [-0.15, -0.1) is 0 Å². The molecule has 4 heteroatoms. The highest BCUT2D eigenvalue weighted by Gasteiger charge is 2.29. The summed E-state index contributed by atoms with van der Waals surface area (Å²) in [4.78, 5) is 4.26. The van der Waals surface area contributed by atoms with Crippen LogP contribution in [-0.4, -0.2) is 6.21 Å². The summed E-state index contributed by atoms with van der Waals surface area (Å²) < 4.78 is 37.2. The number of rotatable bonds is 2. The molecule has 0 bridgehead atoms. The number of para-hydroxylation sites is 1. The fraction of sp³-hybridized carbons (Fsp3) is 0.133. The third kappa shape index (κ3) is 3.44. The fourth-order valence-corrected chi connectivity index (χ4v) is 1.61. The predicted molar refractivity (Wildman–Crippen MR) is 69.9 cm³/mol. The molecule has 0 radical (unpaired) electrons. The first-order valence-electron chi connectivity index (χ1n) is 5.74. The van der Waals surface area contributed by atoms with E-state index < -0.39 is 11.7 Å². The van der Waals surface area contributed by atoms with Crippen LogP contribution < -0.4 is 0 Å². The van der Waals surface area contributed by atoms with Crippen molar-refractivity contribution in [3.8, 4) is 0 Å². The van der Waals surface area contributed by atoms with Crippen LogP contribution in [0.25, 0.3) is 0 Å². The molecule has 0 aromatic heterocycles. The summed E-state index contributed by atoms with van der Waals surface area (Å²) >= 11 is 0. The Labute approximate surface area is 109 Å². The summed E-state index contributed by atoms with van der Waals surface area (Å²) in [5, 5.41) is 0. The van der Waals surface area contributed by atoms with Crippen molar-refractivity contribution in [3.63, 3.8) is 0 Å². The summed E-state index contributed by atoms with van der Waals surface area (Å²) in [6.45, 7) is 1.93. The van der Waals surface area contributed by atoms with E-state index in [1.807, 2.05) is 31.2 Å². The van der Waals surface area contributed by atoms with E-state index in [2.05, 4.69) is 4.99 Å². The van der Waals surface area contributed by atoms with Gasteiger partial charge in [-0.05, 0) is 36.2 Å². The number of halogens is 3. The second-order valence-corrected chi connectivity index (χ2v) is 4.16. The first-order chi connectivity index (χ1) is 8.97. The molecule has 98 valence electrons. The maximum absolute atomic E-state index is 12.4. The zero-order valence-corrected chi connectivity index (χ0v) is 10.3. The lowest BCUT2D eigenvalue weighted by atomic mass is 10.1. The summed E-state index contributed by atoms with van der Waals surface area (Å²) in [6, 6.07) is 12.5. The molecule has 0 amide bonds. The first kappa shape index (κ1) is 13.3. The topological polar surface area (TPSA) is 12.4 Å². The van der Waals surface area contributed by atoms with E-state index in [0.717, 1.165) is 23.4 Å². The van der Waals surface area contributed by atoms with Crippen molar-refractivity contribution in [1.29, 1.82) is 0 Å².